The standard InChI is InChI=1S/C18H14N2O2/c21-17-7-2-1-5-13(17)11-18(22)14-8-9-16(20-12-14)15-6-3-4-10-19-15/h1-10,12,21H,11H2. The molecule has 0 atom stereocenters. The van der Waals surface area contributed by atoms with E-state index in [1.807, 2.05) is 18.2 Å². The molecule has 0 saturated carbocycles. The lowest BCUT2D eigenvalue weighted by Crippen LogP contribution is -2.04. The molecule has 0 aliphatic heterocycles. The van der Waals surface area contributed by atoms with E-state index in [9.17, 15) is 9.90 Å². The van der Waals surface area contributed by atoms with Crippen molar-refractivity contribution < 1.29 is 9.90 Å². The molecule has 0 aliphatic rings. The van der Waals surface area contributed by atoms with Gasteiger partial charge in [-0.1, -0.05) is 24.3 Å². The van der Waals surface area contributed by atoms with Crippen molar-refractivity contribution in [1.29, 1.82) is 0 Å². The fourth-order valence-electron chi connectivity index (χ4n) is 2.16. The fourth-order valence-corrected chi connectivity index (χ4v) is 2.16. The third-order valence-electron chi connectivity index (χ3n) is 3.36. The number of aromatic hydroxyl groups is 1. The minimum absolute atomic E-state index is 0.0819. The Kier molecular flexibility index (Phi) is 3.92. The van der Waals surface area contributed by atoms with Crippen LogP contribution in [0.15, 0.2) is 67.0 Å². The monoisotopic (exact) mass is 290 g/mol. The lowest BCUT2D eigenvalue weighted by atomic mass is 10.0. The third-order valence-corrected chi connectivity index (χ3v) is 3.36. The van der Waals surface area contributed by atoms with E-state index in [4.69, 9.17) is 0 Å². The lowest BCUT2D eigenvalue weighted by Gasteiger charge is -2.05. The van der Waals surface area contributed by atoms with E-state index in [0.29, 0.717) is 11.1 Å². The van der Waals surface area contributed by atoms with Gasteiger partial charge in [-0.2, -0.15) is 0 Å². The van der Waals surface area contributed by atoms with Gasteiger partial charge in [-0.05, 0) is 30.3 Å². The molecule has 1 N–H and O–H groups in total. The van der Waals surface area contributed by atoms with Crippen LogP contribution in [0.1, 0.15) is 15.9 Å². The number of hydrogen-bond acceptors (Lipinski definition) is 4. The molecule has 22 heavy (non-hydrogen) atoms. The van der Waals surface area contributed by atoms with Crippen LogP contribution in [0.4, 0.5) is 0 Å². The molecule has 1 aromatic carbocycles. The van der Waals surface area contributed by atoms with Crippen LogP contribution in [-0.4, -0.2) is 20.9 Å². The summed E-state index contributed by atoms with van der Waals surface area (Å²) in [5.74, 6) is 0.0514. The van der Waals surface area contributed by atoms with Crippen molar-refractivity contribution in [2.45, 2.75) is 6.42 Å². The maximum Gasteiger partial charge on any atom is 0.168 e. The van der Waals surface area contributed by atoms with Gasteiger partial charge in [-0.15, -0.1) is 0 Å². The van der Waals surface area contributed by atoms with Crippen molar-refractivity contribution >= 4 is 5.78 Å². The quantitative estimate of drug-likeness (QED) is 0.749. The van der Waals surface area contributed by atoms with Crippen LogP contribution in [0.25, 0.3) is 11.4 Å². The van der Waals surface area contributed by atoms with Crippen LogP contribution in [0.3, 0.4) is 0 Å². The highest BCUT2D eigenvalue weighted by molar-refractivity contribution is 5.97. The molecule has 0 fully saturated rings. The highest BCUT2D eigenvalue weighted by atomic mass is 16.3. The zero-order valence-electron chi connectivity index (χ0n) is 11.8. The third kappa shape index (κ3) is 3.01. The Bertz CT molecular complexity index is 784. The number of nitrogens with zero attached hydrogens (tertiary/aromatic N) is 2. The second kappa shape index (κ2) is 6.18. The molecule has 0 saturated heterocycles. The van der Waals surface area contributed by atoms with Crippen molar-refractivity contribution in [2.75, 3.05) is 0 Å². The summed E-state index contributed by atoms with van der Waals surface area (Å²) in [5, 5.41) is 9.72. The molecular weight excluding hydrogens is 276 g/mol. The predicted octanol–water partition coefficient (Wildman–Crippen LogP) is 3.27. The van der Waals surface area contributed by atoms with Gasteiger partial charge in [0.2, 0.25) is 0 Å². The molecule has 3 aromatic rings. The van der Waals surface area contributed by atoms with Crippen LogP contribution in [0.5, 0.6) is 5.75 Å². The van der Waals surface area contributed by atoms with Gasteiger partial charge in [-0.25, -0.2) is 0 Å². The molecule has 0 unspecified atom stereocenters. The van der Waals surface area contributed by atoms with Crippen molar-refractivity contribution in [3.63, 3.8) is 0 Å². The molecule has 4 nitrogen and oxygen atoms in total. The van der Waals surface area contributed by atoms with Gasteiger partial charge >= 0.3 is 0 Å². The molecule has 0 spiro atoms. The molecule has 0 aliphatic carbocycles. The van der Waals surface area contributed by atoms with E-state index in [1.165, 1.54) is 0 Å². The summed E-state index contributed by atoms with van der Waals surface area (Å²) in [5.41, 5.74) is 2.62. The number of pyridine rings is 2. The first kappa shape index (κ1) is 13.9. The number of Topliss-reactive ketones (excluding diaryl/α,β-unsaturated/α-hetero) is 1. The maximum atomic E-state index is 12.2. The van der Waals surface area contributed by atoms with E-state index in [-0.39, 0.29) is 18.0 Å². The normalized spacial score (nSPS) is 10.4. The Morgan fingerprint density at radius 1 is 0.909 bits per heavy atom. The molecule has 0 bridgehead atoms. The number of benzene rings is 1. The molecule has 0 radical (unpaired) electrons. The summed E-state index contributed by atoms with van der Waals surface area (Å²) in [4.78, 5) is 20.8. The Morgan fingerprint density at radius 3 is 2.36 bits per heavy atom. The van der Waals surface area contributed by atoms with E-state index in [2.05, 4.69) is 9.97 Å². The first-order valence-corrected chi connectivity index (χ1v) is 6.91. The molecule has 3 rings (SSSR count). The largest absolute Gasteiger partial charge is 0.508 e. The molecule has 0 amide bonds. The molecule has 2 heterocycles. The maximum absolute atomic E-state index is 12.2. The van der Waals surface area contributed by atoms with Crippen molar-refractivity contribution in [3.05, 3.63) is 78.1 Å². The SMILES string of the molecule is O=C(Cc1ccccc1O)c1ccc(-c2ccccn2)nc1. The first-order valence-electron chi connectivity index (χ1n) is 6.91. The number of phenols is 1. The van der Waals surface area contributed by atoms with Gasteiger partial charge < -0.3 is 5.11 Å². The first-order chi connectivity index (χ1) is 10.7. The number of hydrogen-bond donors (Lipinski definition) is 1. The van der Waals surface area contributed by atoms with Gasteiger partial charge in [0.25, 0.3) is 0 Å². The smallest absolute Gasteiger partial charge is 0.168 e. The second-order valence-electron chi connectivity index (χ2n) is 4.88. The Hall–Kier alpha value is -3.01. The Balaban J connectivity index is 1.78. The highest BCUT2D eigenvalue weighted by Crippen LogP contribution is 2.19. The number of carbonyl (C=O) groups excluding carboxylic acids is 1. The highest BCUT2D eigenvalue weighted by Gasteiger charge is 2.10. The molecule has 108 valence electrons. The zero-order valence-corrected chi connectivity index (χ0v) is 11.8. The van der Waals surface area contributed by atoms with Crippen LogP contribution >= 0.6 is 0 Å². The van der Waals surface area contributed by atoms with Gasteiger partial charge in [-0.3, -0.25) is 14.8 Å². The Labute approximate surface area is 128 Å². The Morgan fingerprint density at radius 2 is 1.68 bits per heavy atom. The summed E-state index contributed by atoms with van der Waals surface area (Å²) >= 11 is 0. The van der Waals surface area contributed by atoms with Crippen LogP contribution < -0.4 is 0 Å². The van der Waals surface area contributed by atoms with E-state index in [0.717, 1.165) is 11.4 Å². The van der Waals surface area contributed by atoms with Gasteiger partial charge in [0.05, 0.1) is 11.4 Å². The van der Waals surface area contributed by atoms with Gasteiger partial charge in [0.15, 0.2) is 5.78 Å². The van der Waals surface area contributed by atoms with Crippen molar-refractivity contribution in [2.24, 2.45) is 0 Å². The summed E-state index contributed by atoms with van der Waals surface area (Å²) in [7, 11) is 0. The van der Waals surface area contributed by atoms with Gasteiger partial charge in [0.1, 0.15) is 5.75 Å². The molecule has 2 aromatic heterocycles. The molecule has 4 heteroatoms. The average molecular weight is 290 g/mol. The summed E-state index contributed by atoms with van der Waals surface area (Å²) in [6.45, 7) is 0. The topological polar surface area (TPSA) is 63.1 Å². The van der Waals surface area contributed by atoms with Crippen LogP contribution in [-0.2, 0) is 6.42 Å². The lowest BCUT2D eigenvalue weighted by molar-refractivity contribution is 0.0991. The number of carbonyl (C=O) groups is 1. The van der Waals surface area contributed by atoms with E-state index in [1.54, 1.807) is 48.8 Å². The van der Waals surface area contributed by atoms with Crippen molar-refractivity contribution in [1.82, 2.24) is 9.97 Å². The minimum atomic E-state index is -0.0819. The number of rotatable bonds is 4. The van der Waals surface area contributed by atoms with E-state index >= 15 is 0 Å². The van der Waals surface area contributed by atoms with Crippen molar-refractivity contribution in [3.8, 4) is 17.1 Å². The summed E-state index contributed by atoms with van der Waals surface area (Å²) in [6.07, 6.45) is 3.40. The minimum Gasteiger partial charge on any atom is -0.508 e. The number of para-hydroxylation sites is 1. The number of aromatic nitrogens is 2. The summed E-state index contributed by atoms with van der Waals surface area (Å²) in [6, 6.07) is 16.0. The fraction of sp³-hybridized carbons (Fsp3) is 0.0556. The van der Waals surface area contributed by atoms with E-state index < -0.39 is 0 Å². The van der Waals surface area contributed by atoms with Crippen LogP contribution in [0.2, 0.25) is 0 Å². The summed E-state index contributed by atoms with van der Waals surface area (Å²) < 4.78 is 0. The second-order valence-corrected chi connectivity index (χ2v) is 4.88. The number of phenolic OH excluding ortho intramolecular Hbond substituents is 1. The molecular formula is C18H14N2O2. The van der Waals surface area contributed by atoms with Gasteiger partial charge in [0, 0.05) is 29.9 Å². The number of ketones is 1. The predicted molar refractivity (Wildman–Crippen MR) is 83.6 cm³/mol. The zero-order chi connectivity index (χ0) is 15.4. The average Bonchev–Trinajstić information content (AvgIpc) is 2.58. The van der Waals surface area contributed by atoms with Crippen LogP contribution in [0, 0.1) is 0 Å².